The van der Waals surface area contributed by atoms with Gasteiger partial charge in [0.25, 0.3) is 5.91 Å². The lowest BCUT2D eigenvalue weighted by atomic mass is 10.1. The Kier molecular flexibility index (Phi) is 6.41. The number of hydrogen-bond acceptors (Lipinski definition) is 5. The van der Waals surface area contributed by atoms with Gasteiger partial charge in [0.1, 0.15) is 0 Å². The Bertz CT molecular complexity index is 487. The fourth-order valence-corrected chi connectivity index (χ4v) is 3.15. The molecule has 2 rings (SSSR count). The van der Waals surface area contributed by atoms with Gasteiger partial charge in [-0.15, -0.1) is 11.8 Å². The highest BCUT2D eigenvalue weighted by Gasteiger charge is 2.16. The van der Waals surface area contributed by atoms with E-state index in [1.165, 1.54) is 5.56 Å². The van der Waals surface area contributed by atoms with Gasteiger partial charge in [0.15, 0.2) is 0 Å². The van der Waals surface area contributed by atoms with Crippen molar-refractivity contribution in [3.8, 4) is 0 Å². The summed E-state index contributed by atoms with van der Waals surface area (Å²) >= 11 is 5.73. The van der Waals surface area contributed by atoms with Crippen LogP contribution in [0.2, 0.25) is 0 Å². The van der Waals surface area contributed by atoms with Crippen LogP contribution in [0.4, 0.5) is 0 Å². The van der Waals surface area contributed by atoms with Crippen LogP contribution >= 0.6 is 24.4 Å². The van der Waals surface area contributed by atoms with Crippen molar-refractivity contribution in [2.45, 2.75) is 5.37 Å². The van der Waals surface area contributed by atoms with Crippen molar-refractivity contribution in [3.63, 3.8) is 0 Å². The summed E-state index contributed by atoms with van der Waals surface area (Å²) in [5.41, 5.74) is 1.82. The summed E-state index contributed by atoms with van der Waals surface area (Å²) < 4.78 is 0. The first-order valence-corrected chi connectivity index (χ1v) is 8.49. The van der Waals surface area contributed by atoms with Crippen LogP contribution in [0.5, 0.6) is 0 Å². The molecule has 1 aliphatic heterocycles. The van der Waals surface area contributed by atoms with Gasteiger partial charge in [-0.25, -0.2) is 0 Å². The fraction of sp³-hybridized carbons (Fsp3) is 0.429. The maximum Gasteiger partial charge on any atom is 0.251 e. The first kappa shape index (κ1) is 16.2. The van der Waals surface area contributed by atoms with Gasteiger partial charge in [0.2, 0.25) is 5.91 Å². The molecule has 2 amide bonds. The maximum atomic E-state index is 11.9. The van der Waals surface area contributed by atoms with E-state index >= 15 is 0 Å². The Hall–Kier alpha value is -1.18. The summed E-state index contributed by atoms with van der Waals surface area (Å²) in [7, 11) is 0. The van der Waals surface area contributed by atoms with Gasteiger partial charge in [-0.05, 0) is 17.7 Å². The summed E-state index contributed by atoms with van der Waals surface area (Å²) in [6.45, 7) is 1.83. The first-order valence-electron chi connectivity index (χ1n) is 6.81. The van der Waals surface area contributed by atoms with Gasteiger partial charge in [0.05, 0.1) is 11.1 Å². The molecule has 1 saturated heterocycles. The molecule has 0 saturated carbocycles. The van der Waals surface area contributed by atoms with E-state index in [0.29, 0.717) is 24.0 Å². The molecular formula is C14H19N3O2S2. The molecule has 0 aromatic heterocycles. The Morgan fingerprint density at radius 1 is 1.24 bits per heavy atom. The van der Waals surface area contributed by atoms with Crippen molar-refractivity contribution in [2.75, 3.05) is 31.1 Å². The molecule has 7 heteroatoms. The second-order valence-corrected chi connectivity index (χ2v) is 6.12. The average molecular weight is 325 g/mol. The Balaban J connectivity index is 1.78. The lowest BCUT2D eigenvalue weighted by molar-refractivity contribution is -0.118. The van der Waals surface area contributed by atoms with Gasteiger partial charge in [-0.1, -0.05) is 12.1 Å². The minimum absolute atomic E-state index is 0.131. The standard InChI is InChI=1S/C14H19N3O2S2/c18-12(9-20)15-5-6-16-13(19)10-1-3-11(4-2-10)14-17-7-8-21-14/h1-4,14,17,20H,5-9H2,(H,15,18)(H,16,19). The van der Waals surface area contributed by atoms with Gasteiger partial charge in [-0.2, -0.15) is 12.6 Å². The first-order chi connectivity index (χ1) is 10.2. The number of benzene rings is 1. The molecule has 0 spiro atoms. The van der Waals surface area contributed by atoms with Gasteiger partial charge in [0, 0.05) is 31.0 Å². The monoisotopic (exact) mass is 325 g/mol. The molecule has 1 aromatic rings. The van der Waals surface area contributed by atoms with Crippen LogP contribution < -0.4 is 16.0 Å². The molecule has 0 bridgehead atoms. The lowest BCUT2D eigenvalue weighted by Crippen LogP contribution is -2.35. The Morgan fingerprint density at radius 2 is 1.95 bits per heavy atom. The van der Waals surface area contributed by atoms with Gasteiger partial charge in [-0.3, -0.25) is 9.59 Å². The minimum atomic E-state index is -0.140. The van der Waals surface area contributed by atoms with Crippen LogP contribution in [0.15, 0.2) is 24.3 Å². The molecule has 1 aromatic carbocycles. The molecule has 5 nitrogen and oxygen atoms in total. The number of rotatable bonds is 6. The van der Waals surface area contributed by atoms with Crippen LogP contribution in [0, 0.1) is 0 Å². The van der Waals surface area contributed by atoms with E-state index in [2.05, 4.69) is 28.6 Å². The zero-order chi connectivity index (χ0) is 15.1. The number of thioether (sulfide) groups is 1. The number of thiol groups is 1. The van der Waals surface area contributed by atoms with E-state index in [-0.39, 0.29) is 17.6 Å². The summed E-state index contributed by atoms with van der Waals surface area (Å²) in [6.07, 6.45) is 0. The summed E-state index contributed by atoms with van der Waals surface area (Å²) in [4.78, 5) is 22.9. The van der Waals surface area contributed by atoms with Crippen molar-refractivity contribution in [1.82, 2.24) is 16.0 Å². The maximum absolute atomic E-state index is 11.9. The fourth-order valence-electron chi connectivity index (χ4n) is 1.98. The third-order valence-corrected chi connectivity index (χ3v) is 4.57. The highest BCUT2D eigenvalue weighted by molar-refractivity contribution is 7.99. The zero-order valence-corrected chi connectivity index (χ0v) is 13.3. The number of carbonyl (C=O) groups is 2. The smallest absolute Gasteiger partial charge is 0.251 e. The van der Waals surface area contributed by atoms with Crippen LogP contribution in [0.3, 0.4) is 0 Å². The number of nitrogens with one attached hydrogen (secondary N) is 3. The highest BCUT2D eigenvalue weighted by Crippen LogP contribution is 2.29. The van der Waals surface area contributed by atoms with Crippen molar-refractivity contribution in [2.24, 2.45) is 0 Å². The molecule has 1 aliphatic rings. The van der Waals surface area contributed by atoms with Crippen molar-refractivity contribution in [3.05, 3.63) is 35.4 Å². The van der Waals surface area contributed by atoms with E-state index in [9.17, 15) is 9.59 Å². The van der Waals surface area contributed by atoms with Crippen LogP contribution in [-0.2, 0) is 4.79 Å². The second-order valence-electron chi connectivity index (χ2n) is 4.59. The second kappa shape index (κ2) is 8.31. The molecule has 0 aliphatic carbocycles. The third kappa shape index (κ3) is 4.94. The quantitative estimate of drug-likeness (QED) is 0.461. The number of carbonyl (C=O) groups excluding carboxylic acids is 2. The summed E-state index contributed by atoms with van der Waals surface area (Å²) in [6, 6.07) is 7.62. The van der Waals surface area contributed by atoms with Crippen LogP contribution in [0.25, 0.3) is 0 Å². The molecule has 1 atom stereocenters. The predicted octanol–water partition coefficient (Wildman–Crippen LogP) is 0.797. The van der Waals surface area contributed by atoms with Gasteiger partial charge >= 0.3 is 0 Å². The topological polar surface area (TPSA) is 70.2 Å². The zero-order valence-electron chi connectivity index (χ0n) is 11.6. The molecule has 3 N–H and O–H groups in total. The largest absolute Gasteiger partial charge is 0.354 e. The normalized spacial score (nSPS) is 17.5. The molecule has 114 valence electrons. The number of hydrogen-bond donors (Lipinski definition) is 4. The van der Waals surface area contributed by atoms with E-state index in [4.69, 9.17) is 0 Å². The number of amides is 2. The van der Waals surface area contributed by atoms with E-state index in [1.54, 1.807) is 0 Å². The third-order valence-electron chi connectivity index (χ3n) is 3.07. The van der Waals surface area contributed by atoms with Gasteiger partial charge < -0.3 is 16.0 Å². The predicted molar refractivity (Wildman–Crippen MR) is 88.8 cm³/mol. The molecule has 0 radical (unpaired) electrons. The van der Waals surface area contributed by atoms with Crippen LogP contribution in [0.1, 0.15) is 21.3 Å². The van der Waals surface area contributed by atoms with E-state index < -0.39 is 0 Å². The average Bonchev–Trinajstić information content (AvgIpc) is 3.05. The summed E-state index contributed by atoms with van der Waals surface area (Å²) in [5, 5.41) is 9.14. The molecule has 1 heterocycles. The lowest BCUT2D eigenvalue weighted by Gasteiger charge is -2.11. The molecule has 1 fully saturated rings. The minimum Gasteiger partial charge on any atom is -0.354 e. The Labute approximate surface area is 134 Å². The molecular weight excluding hydrogens is 306 g/mol. The molecule has 1 unspecified atom stereocenters. The van der Waals surface area contributed by atoms with E-state index in [0.717, 1.165) is 12.3 Å². The highest BCUT2D eigenvalue weighted by atomic mass is 32.2. The van der Waals surface area contributed by atoms with Crippen LogP contribution in [-0.4, -0.2) is 43.0 Å². The summed E-state index contributed by atoms with van der Waals surface area (Å²) in [5.74, 6) is 1.00. The van der Waals surface area contributed by atoms with E-state index in [1.807, 2.05) is 36.0 Å². The van der Waals surface area contributed by atoms with Crippen molar-refractivity contribution >= 4 is 36.2 Å². The van der Waals surface area contributed by atoms with Crippen molar-refractivity contribution < 1.29 is 9.59 Å². The molecule has 21 heavy (non-hydrogen) atoms. The Morgan fingerprint density at radius 3 is 2.57 bits per heavy atom. The SMILES string of the molecule is O=C(CS)NCCNC(=O)c1ccc(C2NCCS2)cc1. The van der Waals surface area contributed by atoms with Crippen molar-refractivity contribution in [1.29, 1.82) is 0 Å².